The van der Waals surface area contributed by atoms with E-state index in [-0.39, 0.29) is 17.9 Å². The Labute approximate surface area is 126 Å². The Kier molecular flexibility index (Phi) is 5.78. The molecule has 1 aliphatic carbocycles. The van der Waals surface area contributed by atoms with E-state index in [2.05, 4.69) is 10.5 Å². The van der Waals surface area contributed by atoms with Gasteiger partial charge in [-0.3, -0.25) is 4.79 Å². The van der Waals surface area contributed by atoms with Crippen LogP contribution in [0.4, 0.5) is 0 Å². The topological polar surface area (TPSA) is 50.7 Å². The molecule has 1 amide bonds. The highest BCUT2D eigenvalue weighted by Gasteiger charge is 2.20. The third-order valence-corrected chi connectivity index (χ3v) is 3.59. The molecule has 1 saturated carbocycles. The van der Waals surface area contributed by atoms with Crippen molar-refractivity contribution < 1.29 is 9.53 Å². The number of hydrogen-bond donors (Lipinski definition) is 1. The van der Waals surface area contributed by atoms with Crippen LogP contribution in [0.15, 0.2) is 29.4 Å². The summed E-state index contributed by atoms with van der Waals surface area (Å²) in [5.74, 6) is 0.986. The van der Waals surface area contributed by atoms with Crippen molar-refractivity contribution in [1.29, 1.82) is 0 Å². The van der Waals surface area contributed by atoms with Crippen LogP contribution in [0.2, 0.25) is 0 Å². The van der Waals surface area contributed by atoms with E-state index < -0.39 is 0 Å². The molecular weight excluding hydrogens is 264 g/mol. The van der Waals surface area contributed by atoms with Crippen LogP contribution >= 0.6 is 0 Å². The smallest absolute Gasteiger partial charge is 0.243 e. The lowest BCUT2D eigenvalue weighted by Crippen LogP contribution is -2.28. The average molecular weight is 288 g/mol. The van der Waals surface area contributed by atoms with E-state index in [1.165, 1.54) is 6.42 Å². The molecule has 21 heavy (non-hydrogen) atoms. The number of hydrazone groups is 1. The number of hydrogen-bond acceptors (Lipinski definition) is 3. The lowest BCUT2D eigenvalue weighted by Gasteiger charge is -2.19. The molecule has 0 atom stereocenters. The summed E-state index contributed by atoms with van der Waals surface area (Å²) in [5, 5.41) is 4.06. The third-order valence-electron chi connectivity index (χ3n) is 3.59. The molecule has 0 aromatic heterocycles. The molecule has 4 nitrogen and oxygen atoms in total. The van der Waals surface area contributed by atoms with Gasteiger partial charge in [-0.2, -0.15) is 5.10 Å². The predicted octanol–water partition coefficient (Wildman–Crippen LogP) is 3.50. The highest BCUT2D eigenvalue weighted by atomic mass is 16.5. The van der Waals surface area contributed by atoms with Gasteiger partial charge in [0, 0.05) is 5.92 Å². The standard InChI is InChI=1S/C17H24N2O2/c1-13(2)21-16-10-6-7-14(11-16)12-18-19-17(20)15-8-4-3-5-9-15/h6-7,10-13,15H,3-5,8-9H2,1-2H3,(H,19,20). The molecule has 0 heterocycles. The Bertz CT molecular complexity index is 491. The van der Waals surface area contributed by atoms with Crippen LogP contribution in [-0.4, -0.2) is 18.2 Å². The molecule has 1 aromatic rings. The lowest BCUT2D eigenvalue weighted by atomic mass is 9.89. The minimum absolute atomic E-state index is 0.0422. The van der Waals surface area contributed by atoms with Crippen molar-refractivity contribution in [3.05, 3.63) is 29.8 Å². The molecule has 0 radical (unpaired) electrons. The van der Waals surface area contributed by atoms with Crippen molar-refractivity contribution in [2.45, 2.75) is 52.1 Å². The van der Waals surface area contributed by atoms with Crippen LogP contribution in [0, 0.1) is 5.92 Å². The van der Waals surface area contributed by atoms with E-state index in [0.29, 0.717) is 0 Å². The predicted molar refractivity (Wildman–Crippen MR) is 84.5 cm³/mol. The number of benzene rings is 1. The molecule has 1 aliphatic rings. The lowest BCUT2D eigenvalue weighted by molar-refractivity contribution is -0.125. The largest absolute Gasteiger partial charge is 0.491 e. The fourth-order valence-electron chi connectivity index (χ4n) is 2.57. The summed E-state index contributed by atoms with van der Waals surface area (Å²) in [6.45, 7) is 3.98. The molecular formula is C17H24N2O2. The molecule has 1 aromatic carbocycles. The Balaban J connectivity index is 1.87. The minimum atomic E-state index is 0.0422. The highest BCUT2D eigenvalue weighted by Crippen LogP contribution is 2.23. The quantitative estimate of drug-likeness (QED) is 0.666. The van der Waals surface area contributed by atoms with Crippen LogP contribution < -0.4 is 10.2 Å². The van der Waals surface area contributed by atoms with Gasteiger partial charge in [-0.15, -0.1) is 0 Å². The molecule has 0 aliphatic heterocycles. The number of nitrogens with zero attached hydrogens (tertiary/aromatic N) is 1. The van der Waals surface area contributed by atoms with E-state index in [1.807, 2.05) is 38.1 Å². The van der Waals surface area contributed by atoms with Gasteiger partial charge in [-0.05, 0) is 44.4 Å². The van der Waals surface area contributed by atoms with Crippen molar-refractivity contribution in [3.8, 4) is 5.75 Å². The van der Waals surface area contributed by atoms with Gasteiger partial charge in [0.1, 0.15) is 5.75 Å². The van der Waals surface area contributed by atoms with Crippen LogP contribution in [0.5, 0.6) is 5.75 Å². The van der Waals surface area contributed by atoms with Crippen LogP contribution in [-0.2, 0) is 4.79 Å². The Hall–Kier alpha value is -1.84. The second-order valence-corrected chi connectivity index (χ2v) is 5.81. The van der Waals surface area contributed by atoms with E-state index in [0.717, 1.165) is 37.0 Å². The summed E-state index contributed by atoms with van der Waals surface area (Å²) < 4.78 is 5.63. The van der Waals surface area contributed by atoms with E-state index in [1.54, 1.807) is 6.21 Å². The molecule has 1 fully saturated rings. The van der Waals surface area contributed by atoms with Gasteiger partial charge in [0.25, 0.3) is 0 Å². The van der Waals surface area contributed by atoms with E-state index in [9.17, 15) is 4.79 Å². The maximum atomic E-state index is 12.0. The molecule has 0 saturated heterocycles. The monoisotopic (exact) mass is 288 g/mol. The maximum absolute atomic E-state index is 12.0. The summed E-state index contributed by atoms with van der Waals surface area (Å²) in [6, 6.07) is 7.68. The van der Waals surface area contributed by atoms with E-state index in [4.69, 9.17) is 4.74 Å². The van der Waals surface area contributed by atoms with Gasteiger partial charge >= 0.3 is 0 Å². The fraction of sp³-hybridized carbons (Fsp3) is 0.529. The first-order valence-electron chi connectivity index (χ1n) is 7.75. The first kappa shape index (κ1) is 15.5. The molecule has 1 N–H and O–H groups in total. The fourth-order valence-corrected chi connectivity index (χ4v) is 2.57. The normalized spacial score (nSPS) is 16.3. The van der Waals surface area contributed by atoms with Crippen molar-refractivity contribution in [1.82, 2.24) is 5.43 Å². The zero-order valence-electron chi connectivity index (χ0n) is 12.8. The minimum Gasteiger partial charge on any atom is -0.491 e. The Morgan fingerprint density at radius 1 is 1.33 bits per heavy atom. The molecule has 0 unspecified atom stereocenters. The second-order valence-electron chi connectivity index (χ2n) is 5.81. The first-order chi connectivity index (χ1) is 10.1. The Morgan fingerprint density at radius 3 is 2.81 bits per heavy atom. The number of carbonyl (C=O) groups is 1. The van der Waals surface area contributed by atoms with Gasteiger partial charge in [-0.1, -0.05) is 31.4 Å². The summed E-state index contributed by atoms with van der Waals surface area (Å²) in [7, 11) is 0. The van der Waals surface area contributed by atoms with Gasteiger partial charge in [0.05, 0.1) is 12.3 Å². The van der Waals surface area contributed by atoms with Crippen molar-refractivity contribution in [3.63, 3.8) is 0 Å². The molecule has 0 bridgehead atoms. The number of carbonyl (C=O) groups excluding carboxylic acids is 1. The zero-order valence-corrected chi connectivity index (χ0v) is 12.8. The Morgan fingerprint density at radius 2 is 2.10 bits per heavy atom. The molecule has 4 heteroatoms. The summed E-state index contributed by atoms with van der Waals surface area (Å²) in [5.41, 5.74) is 3.56. The van der Waals surface area contributed by atoms with Crippen LogP contribution in [0.3, 0.4) is 0 Å². The van der Waals surface area contributed by atoms with Crippen molar-refractivity contribution >= 4 is 12.1 Å². The molecule has 0 spiro atoms. The number of rotatable bonds is 5. The van der Waals surface area contributed by atoms with Crippen LogP contribution in [0.25, 0.3) is 0 Å². The van der Waals surface area contributed by atoms with Crippen molar-refractivity contribution in [2.75, 3.05) is 0 Å². The van der Waals surface area contributed by atoms with Gasteiger partial charge in [0.15, 0.2) is 0 Å². The first-order valence-corrected chi connectivity index (χ1v) is 7.75. The SMILES string of the molecule is CC(C)Oc1cccc(C=NNC(=O)C2CCCCC2)c1. The highest BCUT2D eigenvalue weighted by molar-refractivity contribution is 5.83. The van der Waals surface area contributed by atoms with Gasteiger partial charge < -0.3 is 4.74 Å². The molecule has 2 rings (SSSR count). The number of nitrogens with one attached hydrogen (secondary N) is 1. The number of ether oxygens (including phenoxy) is 1. The molecule has 114 valence electrons. The zero-order chi connectivity index (χ0) is 15.1. The summed E-state index contributed by atoms with van der Waals surface area (Å²) in [6.07, 6.45) is 7.32. The number of amides is 1. The third kappa shape index (κ3) is 5.21. The summed E-state index contributed by atoms with van der Waals surface area (Å²) in [4.78, 5) is 12.0. The second kappa shape index (κ2) is 7.81. The summed E-state index contributed by atoms with van der Waals surface area (Å²) >= 11 is 0. The maximum Gasteiger partial charge on any atom is 0.243 e. The van der Waals surface area contributed by atoms with Crippen molar-refractivity contribution in [2.24, 2.45) is 11.0 Å². The van der Waals surface area contributed by atoms with E-state index >= 15 is 0 Å². The van der Waals surface area contributed by atoms with Gasteiger partial charge in [0.2, 0.25) is 5.91 Å². The van der Waals surface area contributed by atoms with Gasteiger partial charge in [-0.25, -0.2) is 5.43 Å². The average Bonchev–Trinajstić information content (AvgIpc) is 2.48. The van der Waals surface area contributed by atoms with Crippen LogP contribution in [0.1, 0.15) is 51.5 Å².